The van der Waals surface area contributed by atoms with Crippen LogP contribution < -0.4 is 10.1 Å². The molecule has 2 aliphatic heterocycles. The number of piperidine rings is 2. The maximum Gasteiger partial charge on any atom is 0.226 e. The fourth-order valence-electron chi connectivity index (χ4n) is 4.72. The van der Waals surface area contributed by atoms with Gasteiger partial charge in [0.15, 0.2) is 0 Å². The van der Waals surface area contributed by atoms with Gasteiger partial charge < -0.3 is 15.0 Å². The first-order valence-corrected chi connectivity index (χ1v) is 9.35. The number of nitrogens with zero attached hydrogens (tertiary/aromatic N) is 1. The first-order chi connectivity index (χ1) is 11.7. The number of halogens is 1. The zero-order valence-corrected chi connectivity index (χ0v) is 15.8. The van der Waals surface area contributed by atoms with Gasteiger partial charge in [-0.25, -0.2) is 0 Å². The molecule has 2 heterocycles. The second-order valence-corrected chi connectivity index (χ2v) is 7.75. The van der Waals surface area contributed by atoms with Gasteiger partial charge in [-0.2, -0.15) is 0 Å². The standard InChI is InChI=1S/C20H28N2O2.ClH/c1-24-17-4-2-3-16(13-17)15-5-11-22(12-6-15)19(23)18-14-20(18)7-9-21-10-8-20;/h2-4,13,15,18,21H,5-12,14H2,1H3;1H. The van der Waals surface area contributed by atoms with E-state index in [9.17, 15) is 4.79 Å². The highest BCUT2D eigenvalue weighted by atomic mass is 35.5. The lowest BCUT2D eigenvalue weighted by Gasteiger charge is -2.33. The van der Waals surface area contributed by atoms with Gasteiger partial charge in [-0.3, -0.25) is 4.79 Å². The van der Waals surface area contributed by atoms with Crippen LogP contribution in [0.25, 0.3) is 0 Å². The topological polar surface area (TPSA) is 41.6 Å². The molecule has 138 valence electrons. The number of amides is 1. The zero-order valence-electron chi connectivity index (χ0n) is 15.0. The van der Waals surface area contributed by atoms with Crippen LogP contribution in [0, 0.1) is 11.3 Å². The highest BCUT2D eigenvalue weighted by molar-refractivity contribution is 5.85. The molecule has 2 saturated heterocycles. The fourth-order valence-corrected chi connectivity index (χ4v) is 4.72. The third-order valence-electron chi connectivity index (χ3n) is 6.46. The summed E-state index contributed by atoms with van der Waals surface area (Å²) in [5.74, 6) is 2.22. The molecular formula is C20H29ClN2O2. The van der Waals surface area contributed by atoms with Gasteiger partial charge in [0.25, 0.3) is 0 Å². The zero-order chi connectivity index (χ0) is 16.6. The monoisotopic (exact) mass is 364 g/mol. The summed E-state index contributed by atoms with van der Waals surface area (Å²) in [6, 6.07) is 8.40. The van der Waals surface area contributed by atoms with Gasteiger partial charge in [-0.15, -0.1) is 12.4 Å². The molecule has 1 atom stereocenters. The van der Waals surface area contributed by atoms with Crippen molar-refractivity contribution < 1.29 is 9.53 Å². The minimum Gasteiger partial charge on any atom is -0.497 e. The van der Waals surface area contributed by atoms with E-state index in [4.69, 9.17) is 4.74 Å². The lowest BCUT2D eigenvalue weighted by atomic mass is 9.88. The summed E-state index contributed by atoms with van der Waals surface area (Å²) in [5.41, 5.74) is 1.70. The van der Waals surface area contributed by atoms with Crippen molar-refractivity contribution >= 4 is 18.3 Å². The Morgan fingerprint density at radius 2 is 1.96 bits per heavy atom. The van der Waals surface area contributed by atoms with Gasteiger partial charge in [0, 0.05) is 19.0 Å². The van der Waals surface area contributed by atoms with Crippen LogP contribution >= 0.6 is 12.4 Å². The van der Waals surface area contributed by atoms with E-state index in [1.807, 2.05) is 6.07 Å². The lowest BCUT2D eigenvalue weighted by molar-refractivity contribution is -0.134. The Bertz CT molecular complexity index is 607. The predicted molar refractivity (Wildman–Crippen MR) is 101 cm³/mol. The molecule has 4 rings (SSSR count). The van der Waals surface area contributed by atoms with Crippen LogP contribution in [0.2, 0.25) is 0 Å². The van der Waals surface area contributed by atoms with Crippen LogP contribution in [0.15, 0.2) is 24.3 Å². The van der Waals surface area contributed by atoms with E-state index in [2.05, 4.69) is 28.4 Å². The number of benzene rings is 1. The van der Waals surface area contributed by atoms with E-state index in [0.717, 1.165) is 51.2 Å². The molecular weight excluding hydrogens is 336 g/mol. The minimum atomic E-state index is 0. The van der Waals surface area contributed by atoms with Crippen molar-refractivity contribution in [2.24, 2.45) is 11.3 Å². The first kappa shape index (κ1) is 18.5. The van der Waals surface area contributed by atoms with E-state index in [0.29, 0.717) is 23.2 Å². The number of rotatable bonds is 3. The molecule has 5 heteroatoms. The van der Waals surface area contributed by atoms with Crippen molar-refractivity contribution in [1.29, 1.82) is 0 Å². The number of carbonyl (C=O) groups excluding carboxylic acids is 1. The van der Waals surface area contributed by atoms with Crippen LogP contribution in [0.4, 0.5) is 0 Å². The van der Waals surface area contributed by atoms with E-state index in [-0.39, 0.29) is 12.4 Å². The molecule has 0 aromatic heterocycles. The number of carbonyl (C=O) groups is 1. The van der Waals surface area contributed by atoms with E-state index < -0.39 is 0 Å². The lowest BCUT2D eigenvalue weighted by Crippen LogP contribution is -2.40. The number of methoxy groups -OCH3 is 1. The normalized spacial score (nSPS) is 25.3. The number of ether oxygens (including phenoxy) is 1. The molecule has 0 radical (unpaired) electrons. The smallest absolute Gasteiger partial charge is 0.226 e. The SMILES string of the molecule is COc1cccc(C2CCN(C(=O)C3CC34CCNCC4)CC2)c1.Cl. The highest BCUT2D eigenvalue weighted by Crippen LogP contribution is 2.59. The molecule has 1 amide bonds. The van der Waals surface area contributed by atoms with Gasteiger partial charge >= 0.3 is 0 Å². The Kier molecular flexibility index (Phi) is 5.59. The number of likely N-dealkylation sites (tertiary alicyclic amines) is 1. The first-order valence-electron chi connectivity index (χ1n) is 9.35. The van der Waals surface area contributed by atoms with Crippen LogP contribution in [-0.2, 0) is 4.79 Å². The van der Waals surface area contributed by atoms with Crippen molar-refractivity contribution in [2.45, 2.75) is 38.0 Å². The summed E-state index contributed by atoms with van der Waals surface area (Å²) >= 11 is 0. The number of hydrogen-bond donors (Lipinski definition) is 1. The molecule has 4 nitrogen and oxygen atoms in total. The molecule has 1 aliphatic carbocycles. The number of nitrogens with one attached hydrogen (secondary N) is 1. The van der Waals surface area contributed by atoms with Gasteiger partial charge in [-0.05, 0) is 74.2 Å². The second kappa shape index (κ2) is 7.55. The molecule has 3 fully saturated rings. The van der Waals surface area contributed by atoms with Gasteiger partial charge in [0.2, 0.25) is 5.91 Å². The largest absolute Gasteiger partial charge is 0.497 e. The third-order valence-corrected chi connectivity index (χ3v) is 6.46. The van der Waals surface area contributed by atoms with Crippen molar-refractivity contribution in [3.05, 3.63) is 29.8 Å². The van der Waals surface area contributed by atoms with Gasteiger partial charge in [0.05, 0.1) is 7.11 Å². The summed E-state index contributed by atoms with van der Waals surface area (Å²) in [6.07, 6.45) is 5.64. The van der Waals surface area contributed by atoms with Crippen molar-refractivity contribution in [3.8, 4) is 5.75 Å². The average Bonchev–Trinajstić information content (AvgIpc) is 3.34. The second-order valence-electron chi connectivity index (χ2n) is 7.75. The van der Waals surface area contributed by atoms with Crippen molar-refractivity contribution in [1.82, 2.24) is 10.2 Å². The molecule has 1 saturated carbocycles. The Morgan fingerprint density at radius 3 is 2.64 bits per heavy atom. The highest BCUT2D eigenvalue weighted by Gasteiger charge is 2.58. The van der Waals surface area contributed by atoms with E-state index in [1.54, 1.807) is 7.11 Å². The molecule has 1 N–H and O–H groups in total. The van der Waals surface area contributed by atoms with Gasteiger partial charge in [-0.1, -0.05) is 12.1 Å². The fraction of sp³-hybridized carbons (Fsp3) is 0.650. The molecule has 1 aromatic rings. The Morgan fingerprint density at radius 1 is 1.24 bits per heavy atom. The van der Waals surface area contributed by atoms with Gasteiger partial charge in [0.1, 0.15) is 5.75 Å². The minimum absolute atomic E-state index is 0. The summed E-state index contributed by atoms with van der Waals surface area (Å²) in [7, 11) is 1.71. The third kappa shape index (κ3) is 3.65. The average molecular weight is 365 g/mol. The van der Waals surface area contributed by atoms with Crippen molar-refractivity contribution in [2.75, 3.05) is 33.3 Å². The maximum absolute atomic E-state index is 12.9. The quantitative estimate of drug-likeness (QED) is 0.895. The van der Waals surface area contributed by atoms with Crippen LogP contribution in [0.3, 0.4) is 0 Å². The molecule has 1 spiro atoms. The van der Waals surface area contributed by atoms with Crippen LogP contribution in [-0.4, -0.2) is 44.1 Å². The molecule has 1 aromatic carbocycles. The molecule has 3 aliphatic rings. The Labute approximate surface area is 156 Å². The summed E-state index contributed by atoms with van der Waals surface area (Å²) < 4.78 is 5.34. The van der Waals surface area contributed by atoms with Crippen LogP contribution in [0.1, 0.15) is 43.6 Å². The predicted octanol–water partition coefficient (Wildman–Crippen LogP) is 3.21. The summed E-state index contributed by atoms with van der Waals surface area (Å²) in [5, 5.41) is 3.42. The Hall–Kier alpha value is -1.26. The molecule has 1 unspecified atom stereocenters. The number of hydrogen-bond acceptors (Lipinski definition) is 3. The summed E-state index contributed by atoms with van der Waals surface area (Å²) in [6.45, 7) is 3.99. The van der Waals surface area contributed by atoms with Crippen LogP contribution in [0.5, 0.6) is 5.75 Å². The summed E-state index contributed by atoms with van der Waals surface area (Å²) in [4.78, 5) is 15.0. The van der Waals surface area contributed by atoms with Crippen molar-refractivity contribution in [3.63, 3.8) is 0 Å². The van der Waals surface area contributed by atoms with E-state index in [1.165, 1.54) is 18.4 Å². The van der Waals surface area contributed by atoms with E-state index >= 15 is 0 Å². The molecule has 0 bridgehead atoms. The maximum atomic E-state index is 12.9. The molecule has 25 heavy (non-hydrogen) atoms. The Balaban J connectivity index is 0.00000182.